The molecule has 0 unspecified atom stereocenters. The smallest absolute Gasteiger partial charge is 0.250 e. The van der Waals surface area contributed by atoms with E-state index in [2.05, 4.69) is 4.90 Å². The molecular formula is C29H33N3O6. The maximum Gasteiger partial charge on any atom is 0.250 e. The lowest BCUT2D eigenvalue weighted by molar-refractivity contribution is -0.118. The van der Waals surface area contributed by atoms with E-state index in [-0.39, 0.29) is 29.8 Å². The average molecular weight is 520 g/mol. The zero-order valence-corrected chi connectivity index (χ0v) is 21.6. The molecule has 0 spiro atoms. The predicted octanol–water partition coefficient (Wildman–Crippen LogP) is 2.92. The van der Waals surface area contributed by atoms with Gasteiger partial charge in [-0.2, -0.15) is 0 Å². The van der Waals surface area contributed by atoms with Gasteiger partial charge in [0.25, 0.3) is 5.56 Å². The van der Waals surface area contributed by atoms with Gasteiger partial charge in [-0.15, -0.1) is 0 Å². The van der Waals surface area contributed by atoms with Gasteiger partial charge in [-0.3, -0.25) is 19.3 Å². The molecule has 2 aliphatic rings. The molecule has 200 valence electrons. The number of amides is 1. The summed E-state index contributed by atoms with van der Waals surface area (Å²) in [7, 11) is 0. The monoisotopic (exact) mass is 519 g/mol. The number of benzene rings is 1. The van der Waals surface area contributed by atoms with E-state index in [9.17, 15) is 19.5 Å². The van der Waals surface area contributed by atoms with Gasteiger partial charge in [0.1, 0.15) is 11.5 Å². The van der Waals surface area contributed by atoms with Crippen molar-refractivity contribution in [2.24, 2.45) is 11.7 Å². The third-order valence-electron chi connectivity index (χ3n) is 7.31. The zero-order valence-electron chi connectivity index (χ0n) is 21.6. The standard InChI is InChI=1S/C29H33N3O6/c1-17(2)37-21-8-6-19(7-9-21)23(12-26(30)34)29-28(36)25(33)11-22(38-29)16-31-13-18-10-20(15-31)24-4-3-5-27(35)32(24)14-18/h3-9,11,17-18,20,23,36H,10,12-16H2,1-2H3,(H2,30,34)/t18-,20+,23+/m0/s1. The van der Waals surface area contributed by atoms with Gasteiger partial charge in [0.05, 0.1) is 18.6 Å². The Bertz CT molecular complexity index is 1440. The second-order valence-corrected chi connectivity index (χ2v) is 10.6. The highest BCUT2D eigenvalue weighted by Crippen LogP contribution is 2.37. The van der Waals surface area contributed by atoms with Crippen LogP contribution in [-0.2, 0) is 17.9 Å². The molecule has 0 saturated carbocycles. The maximum atomic E-state index is 12.8. The van der Waals surface area contributed by atoms with Crippen LogP contribution in [0.2, 0.25) is 0 Å². The lowest BCUT2D eigenvalue weighted by atomic mass is 9.83. The molecule has 2 aliphatic heterocycles. The Morgan fingerprint density at radius 3 is 2.61 bits per heavy atom. The number of carbonyl (C=O) groups excluding carboxylic acids is 1. The van der Waals surface area contributed by atoms with Crippen molar-refractivity contribution in [3.8, 4) is 11.5 Å². The summed E-state index contributed by atoms with van der Waals surface area (Å²) in [5.74, 6) is -0.199. The first-order valence-electron chi connectivity index (χ1n) is 13.0. The van der Waals surface area contributed by atoms with Crippen LogP contribution in [0.15, 0.2) is 62.5 Å². The highest BCUT2D eigenvalue weighted by Gasteiger charge is 2.35. The number of piperidine rings is 1. The Labute approximate surface area is 220 Å². The average Bonchev–Trinajstić information content (AvgIpc) is 2.85. The molecule has 2 bridgehead atoms. The molecule has 3 N–H and O–H groups in total. The van der Waals surface area contributed by atoms with Crippen molar-refractivity contribution < 1.29 is 19.1 Å². The SMILES string of the molecule is CC(C)Oc1ccc([C@@H](CC(N)=O)c2oc(CN3C[C@@H]4C[C@H](C3)c3cccc(=O)n3C4)cc(=O)c2O)cc1. The largest absolute Gasteiger partial charge is 0.502 e. The molecule has 1 fully saturated rings. The van der Waals surface area contributed by atoms with E-state index in [0.717, 1.165) is 25.2 Å². The van der Waals surface area contributed by atoms with Gasteiger partial charge in [0, 0.05) is 49.8 Å². The van der Waals surface area contributed by atoms with Crippen LogP contribution in [0.5, 0.6) is 11.5 Å². The Kier molecular flexibility index (Phi) is 7.12. The molecule has 5 rings (SSSR count). The minimum atomic E-state index is -0.729. The minimum absolute atomic E-state index is 0.00441. The molecule has 3 aromatic rings. The van der Waals surface area contributed by atoms with Gasteiger partial charge < -0.3 is 24.6 Å². The molecule has 1 amide bonds. The normalized spacial score (nSPS) is 19.7. The number of nitrogens with two attached hydrogens (primary N) is 1. The number of aromatic nitrogens is 1. The summed E-state index contributed by atoms with van der Waals surface area (Å²) in [6.45, 7) is 6.38. The summed E-state index contributed by atoms with van der Waals surface area (Å²) < 4.78 is 13.7. The van der Waals surface area contributed by atoms with Crippen molar-refractivity contribution in [1.82, 2.24) is 9.47 Å². The highest BCUT2D eigenvalue weighted by molar-refractivity contribution is 5.75. The van der Waals surface area contributed by atoms with E-state index in [1.807, 2.05) is 24.5 Å². The van der Waals surface area contributed by atoms with Crippen LogP contribution in [0, 0.1) is 5.92 Å². The number of ether oxygens (including phenoxy) is 1. The number of hydrogen-bond donors (Lipinski definition) is 2. The summed E-state index contributed by atoms with van der Waals surface area (Å²) in [5.41, 5.74) is 6.72. The van der Waals surface area contributed by atoms with Crippen LogP contribution in [0.4, 0.5) is 0 Å². The quantitative estimate of drug-likeness (QED) is 0.468. The van der Waals surface area contributed by atoms with Crippen molar-refractivity contribution in [3.05, 3.63) is 91.9 Å². The predicted molar refractivity (Wildman–Crippen MR) is 141 cm³/mol. The summed E-state index contributed by atoms with van der Waals surface area (Å²) in [6.07, 6.45) is 0.885. The van der Waals surface area contributed by atoms with Crippen molar-refractivity contribution in [2.45, 2.75) is 57.7 Å². The Hall–Kier alpha value is -3.85. The summed E-state index contributed by atoms with van der Waals surface area (Å²) >= 11 is 0. The van der Waals surface area contributed by atoms with Crippen LogP contribution in [-0.4, -0.2) is 39.7 Å². The van der Waals surface area contributed by atoms with Gasteiger partial charge in [0.15, 0.2) is 5.76 Å². The number of carbonyl (C=O) groups is 1. The molecule has 1 saturated heterocycles. The third kappa shape index (κ3) is 5.38. The zero-order chi connectivity index (χ0) is 27.0. The second-order valence-electron chi connectivity index (χ2n) is 10.6. The number of aromatic hydroxyl groups is 1. The van der Waals surface area contributed by atoms with Crippen LogP contribution >= 0.6 is 0 Å². The first-order chi connectivity index (χ1) is 18.2. The first kappa shape index (κ1) is 25.8. The van der Waals surface area contributed by atoms with E-state index in [1.54, 1.807) is 36.4 Å². The van der Waals surface area contributed by atoms with Crippen molar-refractivity contribution in [3.63, 3.8) is 0 Å². The fourth-order valence-corrected chi connectivity index (χ4v) is 5.83. The van der Waals surface area contributed by atoms with Gasteiger partial charge in [-0.1, -0.05) is 18.2 Å². The lowest BCUT2D eigenvalue weighted by Gasteiger charge is -2.42. The molecule has 3 atom stereocenters. The van der Waals surface area contributed by atoms with Crippen molar-refractivity contribution in [1.29, 1.82) is 0 Å². The molecule has 0 radical (unpaired) electrons. The van der Waals surface area contributed by atoms with Gasteiger partial charge in [-0.25, -0.2) is 0 Å². The molecule has 9 heteroatoms. The maximum absolute atomic E-state index is 12.8. The molecule has 2 aromatic heterocycles. The number of nitrogens with zero attached hydrogens (tertiary/aromatic N) is 2. The fraction of sp³-hybridized carbons (Fsp3) is 0.414. The second kappa shape index (κ2) is 10.5. The summed E-state index contributed by atoms with van der Waals surface area (Å²) in [4.78, 5) is 39.3. The highest BCUT2D eigenvalue weighted by atomic mass is 16.5. The lowest BCUT2D eigenvalue weighted by Crippen LogP contribution is -2.46. The number of hydrogen-bond acceptors (Lipinski definition) is 7. The molecule has 9 nitrogen and oxygen atoms in total. The fourth-order valence-electron chi connectivity index (χ4n) is 5.83. The van der Waals surface area contributed by atoms with Gasteiger partial charge in [0.2, 0.25) is 17.1 Å². The van der Waals surface area contributed by atoms with Crippen LogP contribution in [0.3, 0.4) is 0 Å². The Morgan fingerprint density at radius 2 is 1.89 bits per heavy atom. The van der Waals surface area contributed by atoms with E-state index in [0.29, 0.717) is 36.1 Å². The van der Waals surface area contributed by atoms with E-state index >= 15 is 0 Å². The van der Waals surface area contributed by atoms with E-state index in [4.69, 9.17) is 14.9 Å². The van der Waals surface area contributed by atoms with Crippen LogP contribution < -0.4 is 21.5 Å². The van der Waals surface area contributed by atoms with Crippen molar-refractivity contribution >= 4 is 5.91 Å². The number of pyridine rings is 1. The summed E-state index contributed by atoms with van der Waals surface area (Å²) in [6, 6.07) is 13.8. The van der Waals surface area contributed by atoms with Crippen LogP contribution in [0.25, 0.3) is 0 Å². The topological polar surface area (TPSA) is 128 Å². The molecule has 0 aliphatic carbocycles. The van der Waals surface area contributed by atoms with E-state index < -0.39 is 23.0 Å². The number of fused-ring (bicyclic) bond motifs is 4. The Morgan fingerprint density at radius 1 is 1.13 bits per heavy atom. The van der Waals surface area contributed by atoms with Crippen LogP contribution in [0.1, 0.15) is 61.3 Å². The molecule has 38 heavy (non-hydrogen) atoms. The number of primary amides is 1. The molecule has 4 heterocycles. The van der Waals surface area contributed by atoms with E-state index in [1.165, 1.54) is 6.07 Å². The van der Waals surface area contributed by atoms with Gasteiger partial charge >= 0.3 is 0 Å². The minimum Gasteiger partial charge on any atom is -0.502 e. The van der Waals surface area contributed by atoms with Gasteiger partial charge in [-0.05, 0) is 49.9 Å². The molecule has 1 aromatic carbocycles. The third-order valence-corrected chi connectivity index (χ3v) is 7.31. The Balaban J connectivity index is 1.42. The first-order valence-corrected chi connectivity index (χ1v) is 13.0. The van der Waals surface area contributed by atoms with Crippen molar-refractivity contribution in [2.75, 3.05) is 13.1 Å². The number of rotatable bonds is 8. The summed E-state index contributed by atoms with van der Waals surface area (Å²) in [5, 5.41) is 10.7. The molecular weight excluding hydrogens is 486 g/mol. The number of likely N-dealkylation sites (tertiary alicyclic amines) is 1.